The van der Waals surface area contributed by atoms with Gasteiger partial charge >= 0.3 is 0 Å². The minimum absolute atomic E-state index is 0.302. The van der Waals surface area contributed by atoms with Crippen LogP contribution in [0.15, 0.2) is 6.20 Å². The Morgan fingerprint density at radius 1 is 0.472 bits per heavy atom. The summed E-state index contributed by atoms with van der Waals surface area (Å²) < 4.78 is 68.2. The lowest BCUT2D eigenvalue weighted by Gasteiger charge is -2.17. The number of ether oxygens (including phenoxy) is 12. The van der Waals surface area contributed by atoms with E-state index in [1.165, 1.54) is 12.8 Å². The lowest BCUT2D eigenvalue weighted by molar-refractivity contribution is -0.0287. The molecule has 0 amide bonds. The Kier molecular flexibility index (Phi) is 35.2. The van der Waals surface area contributed by atoms with Crippen molar-refractivity contribution >= 4 is 0 Å². The number of hydrogen-bond acceptors (Lipinski definition) is 14. The van der Waals surface area contributed by atoms with E-state index in [-0.39, 0.29) is 0 Å². The van der Waals surface area contributed by atoms with Crippen molar-refractivity contribution in [1.82, 2.24) is 15.0 Å². The van der Waals surface area contributed by atoms with Gasteiger partial charge in [-0.05, 0) is 24.2 Å². The molecule has 0 saturated heterocycles. The number of nitrogens with zero attached hydrogens (tertiary/aromatic N) is 3. The molecule has 15 heteroatoms. The van der Waals surface area contributed by atoms with Crippen molar-refractivity contribution in [3.8, 4) is 0 Å². The highest BCUT2D eigenvalue weighted by Crippen LogP contribution is 2.17. The summed E-state index contributed by atoms with van der Waals surface area (Å²) in [6, 6.07) is 0. The zero-order chi connectivity index (χ0) is 38.3. The van der Waals surface area contributed by atoms with Gasteiger partial charge in [0.25, 0.3) is 0 Å². The lowest BCUT2D eigenvalue weighted by atomic mass is 9.93. The average Bonchev–Trinajstić information content (AvgIpc) is 3.58. The summed E-state index contributed by atoms with van der Waals surface area (Å²) in [6.07, 6.45) is 6.58. The van der Waals surface area contributed by atoms with E-state index in [0.717, 1.165) is 37.6 Å². The summed E-state index contributed by atoms with van der Waals surface area (Å²) in [6.45, 7) is 24.8. The van der Waals surface area contributed by atoms with Gasteiger partial charge in [0.1, 0.15) is 5.69 Å². The maximum Gasteiger partial charge on any atom is 0.108 e. The summed E-state index contributed by atoms with van der Waals surface area (Å²) in [5.41, 5.74) is 1.14. The maximum absolute atomic E-state index is 5.62. The van der Waals surface area contributed by atoms with Crippen molar-refractivity contribution in [1.29, 1.82) is 0 Å². The van der Waals surface area contributed by atoms with Gasteiger partial charge in [0.05, 0.1) is 158 Å². The van der Waals surface area contributed by atoms with Gasteiger partial charge in [-0.15, -0.1) is 5.10 Å². The fourth-order valence-corrected chi connectivity index (χ4v) is 4.31. The molecule has 1 aromatic rings. The van der Waals surface area contributed by atoms with Crippen LogP contribution in [-0.4, -0.2) is 167 Å². The van der Waals surface area contributed by atoms with Crippen LogP contribution in [0.2, 0.25) is 0 Å². The zero-order valence-corrected chi connectivity index (χ0v) is 33.9. The molecule has 0 unspecified atom stereocenters. The van der Waals surface area contributed by atoms with E-state index < -0.39 is 0 Å². The van der Waals surface area contributed by atoms with Crippen LogP contribution in [0.4, 0.5) is 0 Å². The molecule has 0 bridgehead atoms. The Hall–Kier alpha value is -1.34. The average molecular weight is 766 g/mol. The second-order valence-electron chi connectivity index (χ2n) is 14.0. The largest absolute Gasteiger partial charge is 0.379 e. The third-order valence-electron chi connectivity index (χ3n) is 7.34. The highest BCUT2D eigenvalue weighted by molar-refractivity contribution is 4.89. The molecule has 1 aromatic heterocycles. The predicted octanol–water partition coefficient (Wildman–Crippen LogP) is 4.24. The van der Waals surface area contributed by atoms with Crippen molar-refractivity contribution in [2.75, 3.05) is 152 Å². The molecule has 0 aliphatic carbocycles. The summed E-state index contributed by atoms with van der Waals surface area (Å²) in [5, 5.41) is 8.33. The van der Waals surface area contributed by atoms with Gasteiger partial charge in [0, 0.05) is 13.2 Å². The van der Waals surface area contributed by atoms with Crippen LogP contribution in [0.25, 0.3) is 0 Å². The number of aryl methyl sites for hydroxylation is 1. The van der Waals surface area contributed by atoms with E-state index in [1.54, 1.807) is 0 Å². The van der Waals surface area contributed by atoms with Gasteiger partial charge in [0.15, 0.2) is 0 Å². The summed E-state index contributed by atoms with van der Waals surface area (Å²) in [4.78, 5) is 0. The van der Waals surface area contributed by atoms with Crippen LogP contribution >= 0.6 is 0 Å². The smallest absolute Gasteiger partial charge is 0.108 e. The minimum atomic E-state index is 0.302. The Balaban J connectivity index is 1.66. The highest BCUT2D eigenvalue weighted by atomic mass is 16.6. The standard InChI is InChI=1S/C38H75N3O12/c1-36(2)8-6-7-10-41-34-37(39-40-41)35-53-33-32-52-31-30-51-29-28-50-27-26-49-25-24-48-23-22-47-21-20-46-19-18-45-17-16-44-15-14-43-13-12-42-11-9-38(3,4)5/h34,36H,6-33,35H2,1-5H3. The number of hydrogen-bond donors (Lipinski definition) is 0. The third kappa shape index (κ3) is 38.7. The first-order valence-corrected chi connectivity index (χ1v) is 19.7. The van der Waals surface area contributed by atoms with Crippen molar-refractivity contribution < 1.29 is 56.8 Å². The van der Waals surface area contributed by atoms with Gasteiger partial charge < -0.3 is 56.8 Å². The fourth-order valence-electron chi connectivity index (χ4n) is 4.31. The van der Waals surface area contributed by atoms with Crippen LogP contribution < -0.4 is 0 Å². The van der Waals surface area contributed by atoms with E-state index in [2.05, 4.69) is 44.9 Å². The maximum atomic E-state index is 5.62. The first kappa shape index (κ1) is 49.7. The molecule has 1 rings (SSSR count). The molecule has 1 heterocycles. The second-order valence-corrected chi connectivity index (χ2v) is 14.0. The van der Waals surface area contributed by atoms with E-state index in [0.29, 0.717) is 157 Å². The molecule has 0 aliphatic rings. The predicted molar refractivity (Wildman–Crippen MR) is 201 cm³/mol. The monoisotopic (exact) mass is 766 g/mol. The molecule has 0 spiro atoms. The van der Waals surface area contributed by atoms with E-state index in [4.69, 9.17) is 56.8 Å². The molecular formula is C38H75N3O12. The Labute approximate surface area is 320 Å². The quantitative estimate of drug-likeness (QED) is 0.0877. The third-order valence-corrected chi connectivity index (χ3v) is 7.34. The second kappa shape index (κ2) is 37.6. The van der Waals surface area contributed by atoms with E-state index in [9.17, 15) is 0 Å². The first-order chi connectivity index (χ1) is 25.9. The van der Waals surface area contributed by atoms with Crippen molar-refractivity contribution in [2.45, 2.75) is 73.5 Å². The molecule has 0 radical (unpaired) electrons. The number of aromatic nitrogens is 3. The highest BCUT2D eigenvalue weighted by Gasteiger charge is 2.09. The first-order valence-electron chi connectivity index (χ1n) is 19.7. The van der Waals surface area contributed by atoms with Crippen LogP contribution in [-0.2, 0) is 70.0 Å². The normalized spacial score (nSPS) is 12.1. The molecule has 0 aromatic carbocycles. The van der Waals surface area contributed by atoms with E-state index >= 15 is 0 Å². The summed E-state index contributed by atoms with van der Waals surface area (Å²) in [7, 11) is 0. The van der Waals surface area contributed by atoms with Crippen LogP contribution in [0.1, 0.15) is 66.0 Å². The Bertz CT molecular complexity index is 876. The van der Waals surface area contributed by atoms with Gasteiger partial charge in [-0.25, -0.2) is 0 Å². The number of unbranched alkanes of at least 4 members (excludes halogenated alkanes) is 1. The SMILES string of the molecule is CC(C)CCCCn1cc(COCCOCCOCCOCCOCCOCCOCCOCCOCCOCCOCCOCCC(C)(C)C)nn1. The van der Waals surface area contributed by atoms with Gasteiger partial charge in [0.2, 0.25) is 0 Å². The van der Waals surface area contributed by atoms with E-state index in [1.807, 2.05) is 10.9 Å². The molecule has 0 aliphatic heterocycles. The number of rotatable bonds is 42. The van der Waals surface area contributed by atoms with Gasteiger partial charge in [-0.3, -0.25) is 4.68 Å². The van der Waals surface area contributed by atoms with Crippen molar-refractivity contribution in [2.24, 2.45) is 11.3 Å². The molecule has 53 heavy (non-hydrogen) atoms. The van der Waals surface area contributed by atoms with Crippen LogP contribution in [0.3, 0.4) is 0 Å². The minimum Gasteiger partial charge on any atom is -0.379 e. The van der Waals surface area contributed by atoms with Gasteiger partial charge in [-0.1, -0.05) is 52.7 Å². The topological polar surface area (TPSA) is 141 Å². The molecule has 314 valence electrons. The lowest BCUT2D eigenvalue weighted by Crippen LogP contribution is -2.15. The molecule has 0 saturated carbocycles. The molecule has 0 atom stereocenters. The van der Waals surface area contributed by atoms with Crippen molar-refractivity contribution in [3.63, 3.8) is 0 Å². The van der Waals surface area contributed by atoms with Gasteiger partial charge in [-0.2, -0.15) is 0 Å². The zero-order valence-electron chi connectivity index (χ0n) is 33.9. The Morgan fingerprint density at radius 2 is 0.792 bits per heavy atom. The van der Waals surface area contributed by atoms with Crippen LogP contribution in [0, 0.1) is 11.3 Å². The van der Waals surface area contributed by atoms with Crippen molar-refractivity contribution in [3.05, 3.63) is 11.9 Å². The summed E-state index contributed by atoms with van der Waals surface area (Å²) >= 11 is 0. The molecule has 0 N–H and O–H groups in total. The summed E-state index contributed by atoms with van der Waals surface area (Å²) in [5.74, 6) is 0.746. The van der Waals surface area contributed by atoms with Crippen LogP contribution in [0.5, 0.6) is 0 Å². The molecule has 0 fully saturated rings. The molecular weight excluding hydrogens is 690 g/mol. The fraction of sp³-hybridized carbons (Fsp3) is 0.947. The molecule has 15 nitrogen and oxygen atoms in total. The Morgan fingerprint density at radius 3 is 1.11 bits per heavy atom.